The molecule has 9 heteroatoms. The van der Waals surface area contributed by atoms with E-state index in [0.29, 0.717) is 0 Å². The Kier molecular flexibility index (Phi) is 4.17. The number of sulfonamides is 1. The number of hydrogen-bond donors (Lipinski definition) is 2. The van der Waals surface area contributed by atoms with Crippen molar-refractivity contribution in [2.24, 2.45) is 0 Å². The molecule has 1 heterocycles. The van der Waals surface area contributed by atoms with E-state index in [4.69, 9.17) is 11.6 Å². The highest BCUT2D eigenvalue weighted by molar-refractivity contribution is 7.94. The maximum atomic E-state index is 12.2. The molecule has 0 saturated carbocycles. The average Bonchev–Trinajstić information content (AvgIpc) is 2.33. The van der Waals surface area contributed by atoms with Crippen LogP contribution >= 0.6 is 11.6 Å². The molecule has 1 aromatic rings. The Labute approximate surface area is 122 Å². The van der Waals surface area contributed by atoms with E-state index in [1.807, 2.05) is 0 Å². The second kappa shape index (κ2) is 5.42. The Bertz CT molecular complexity index is 700. The van der Waals surface area contributed by atoms with Crippen LogP contribution in [0.1, 0.15) is 12.8 Å². The molecular weight excluding hydrogens is 326 g/mol. The fraction of sp³-hybridized carbons (Fsp3) is 0.455. The van der Waals surface area contributed by atoms with Gasteiger partial charge in [0.2, 0.25) is 10.0 Å². The first-order valence-corrected chi connectivity index (χ1v) is 9.65. The topological polar surface area (TPSA) is 101 Å². The largest absolute Gasteiger partial charge is 0.506 e. The lowest BCUT2D eigenvalue weighted by Gasteiger charge is -2.22. The second-order valence-electron chi connectivity index (χ2n) is 4.66. The number of hydrogen-bond acceptors (Lipinski definition) is 5. The molecule has 0 atom stereocenters. The number of sulfone groups is 1. The summed E-state index contributed by atoms with van der Waals surface area (Å²) in [6.45, 7) is 0. The minimum Gasteiger partial charge on any atom is -0.506 e. The van der Waals surface area contributed by atoms with Crippen molar-refractivity contribution in [1.82, 2.24) is 0 Å². The molecule has 2 rings (SSSR count). The summed E-state index contributed by atoms with van der Waals surface area (Å²) in [5.41, 5.74) is -0.00840. The van der Waals surface area contributed by atoms with Crippen LogP contribution < -0.4 is 4.72 Å². The first-order chi connectivity index (χ1) is 9.20. The number of benzene rings is 1. The van der Waals surface area contributed by atoms with Crippen molar-refractivity contribution in [2.75, 3.05) is 16.2 Å². The van der Waals surface area contributed by atoms with E-state index in [0.717, 1.165) is 0 Å². The number of phenols is 1. The predicted octanol–water partition coefficient (Wildman–Crippen LogP) is 1.36. The van der Waals surface area contributed by atoms with Gasteiger partial charge >= 0.3 is 0 Å². The van der Waals surface area contributed by atoms with Gasteiger partial charge in [-0.25, -0.2) is 16.8 Å². The maximum absolute atomic E-state index is 12.2. The number of rotatable bonds is 3. The zero-order valence-electron chi connectivity index (χ0n) is 10.4. The molecule has 112 valence electrons. The van der Waals surface area contributed by atoms with Crippen LogP contribution in [0.2, 0.25) is 5.02 Å². The summed E-state index contributed by atoms with van der Waals surface area (Å²) < 4.78 is 49.2. The SMILES string of the molecule is O=S1(=O)CCC(S(=O)(=O)Nc2cc(Cl)ccc2O)CC1. The molecule has 1 aliphatic rings. The van der Waals surface area contributed by atoms with E-state index in [9.17, 15) is 21.9 Å². The van der Waals surface area contributed by atoms with Crippen LogP contribution in [0.5, 0.6) is 5.75 Å². The molecule has 1 fully saturated rings. The fourth-order valence-corrected chi connectivity index (χ4v) is 5.46. The third-order valence-corrected chi connectivity index (χ3v) is 6.96. The molecule has 2 N–H and O–H groups in total. The summed E-state index contributed by atoms with van der Waals surface area (Å²) in [5.74, 6) is -0.512. The number of halogens is 1. The lowest BCUT2D eigenvalue weighted by atomic mass is 10.2. The molecule has 0 aromatic heterocycles. The molecule has 1 aliphatic heterocycles. The smallest absolute Gasteiger partial charge is 0.235 e. The van der Waals surface area contributed by atoms with Crippen molar-refractivity contribution in [2.45, 2.75) is 18.1 Å². The van der Waals surface area contributed by atoms with Gasteiger partial charge in [0.1, 0.15) is 15.6 Å². The monoisotopic (exact) mass is 339 g/mol. The molecule has 0 aliphatic carbocycles. The number of anilines is 1. The van der Waals surface area contributed by atoms with Crippen LogP contribution in [-0.4, -0.2) is 38.7 Å². The molecule has 1 saturated heterocycles. The zero-order valence-corrected chi connectivity index (χ0v) is 12.8. The standard InChI is InChI=1S/C11H14ClNO5S2/c12-8-1-2-11(14)10(7-8)13-20(17,18)9-3-5-19(15,16)6-4-9/h1-2,7,9,13-14H,3-6H2. The molecule has 0 spiro atoms. The van der Waals surface area contributed by atoms with Crippen LogP contribution in [0.25, 0.3) is 0 Å². The van der Waals surface area contributed by atoms with Crippen molar-refractivity contribution in [3.05, 3.63) is 23.2 Å². The fourth-order valence-electron chi connectivity index (χ4n) is 2.01. The summed E-state index contributed by atoms with van der Waals surface area (Å²) in [5, 5.41) is 9.09. The minimum atomic E-state index is -3.76. The van der Waals surface area contributed by atoms with Crippen molar-refractivity contribution in [1.29, 1.82) is 0 Å². The van der Waals surface area contributed by atoms with Crippen LogP contribution in [0.4, 0.5) is 5.69 Å². The molecule has 20 heavy (non-hydrogen) atoms. The number of nitrogens with one attached hydrogen (secondary N) is 1. The lowest BCUT2D eigenvalue weighted by molar-refractivity contribution is 0.477. The van der Waals surface area contributed by atoms with Crippen molar-refractivity contribution in [3.63, 3.8) is 0 Å². The third kappa shape index (κ3) is 3.56. The zero-order chi connectivity index (χ0) is 15.0. The van der Waals surface area contributed by atoms with E-state index in [2.05, 4.69) is 4.72 Å². The predicted molar refractivity (Wildman–Crippen MR) is 77.3 cm³/mol. The van der Waals surface area contributed by atoms with Crippen LogP contribution in [-0.2, 0) is 19.9 Å². The normalized spacial score (nSPS) is 19.6. The van der Waals surface area contributed by atoms with Gasteiger partial charge in [0.05, 0.1) is 22.4 Å². The Morgan fingerprint density at radius 1 is 1.25 bits per heavy atom. The van der Waals surface area contributed by atoms with Gasteiger partial charge in [-0.1, -0.05) is 11.6 Å². The minimum absolute atomic E-state index is 0.00840. The molecule has 0 amide bonds. The Hall–Kier alpha value is -0.990. The molecule has 6 nitrogen and oxygen atoms in total. The van der Waals surface area contributed by atoms with Gasteiger partial charge in [0.25, 0.3) is 0 Å². The highest BCUT2D eigenvalue weighted by Crippen LogP contribution is 2.29. The van der Waals surface area contributed by atoms with Gasteiger partial charge < -0.3 is 5.11 Å². The first kappa shape index (κ1) is 15.4. The van der Waals surface area contributed by atoms with Crippen molar-refractivity contribution < 1.29 is 21.9 Å². The van der Waals surface area contributed by atoms with Gasteiger partial charge in [-0.2, -0.15) is 0 Å². The molecule has 1 aromatic carbocycles. The van der Waals surface area contributed by atoms with Crippen molar-refractivity contribution in [3.8, 4) is 5.75 Å². The highest BCUT2D eigenvalue weighted by Gasteiger charge is 2.33. The van der Waals surface area contributed by atoms with Crippen LogP contribution in [0.3, 0.4) is 0 Å². The highest BCUT2D eigenvalue weighted by atomic mass is 35.5. The second-order valence-corrected chi connectivity index (χ2v) is 9.36. The van der Waals surface area contributed by atoms with Gasteiger partial charge in [-0.15, -0.1) is 0 Å². The van der Waals surface area contributed by atoms with Crippen molar-refractivity contribution >= 4 is 37.1 Å². The molecule has 0 radical (unpaired) electrons. The van der Waals surface area contributed by atoms with E-state index in [1.165, 1.54) is 18.2 Å². The molecular formula is C11H14ClNO5S2. The molecule has 0 unspecified atom stereocenters. The Morgan fingerprint density at radius 2 is 1.85 bits per heavy atom. The van der Waals surface area contributed by atoms with E-state index in [-0.39, 0.29) is 40.8 Å². The summed E-state index contributed by atoms with van der Waals surface area (Å²) in [6.07, 6.45) is 0.109. The van der Waals surface area contributed by atoms with Crippen LogP contribution in [0.15, 0.2) is 18.2 Å². The van der Waals surface area contributed by atoms with E-state index < -0.39 is 25.1 Å². The summed E-state index contributed by atoms with van der Waals surface area (Å²) in [7, 11) is -6.89. The number of phenolic OH excluding ortho intramolecular Hbond substituents is 1. The summed E-state index contributed by atoms with van der Waals surface area (Å²) in [6, 6.07) is 4.02. The van der Waals surface area contributed by atoms with E-state index in [1.54, 1.807) is 0 Å². The summed E-state index contributed by atoms with van der Waals surface area (Å²) in [4.78, 5) is 0. The Balaban J connectivity index is 2.18. The third-order valence-electron chi connectivity index (χ3n) is 3.15. The van der Waals surface area contributed by atoms with Gasteiger partial charge in [0, 0.05) is 5.02 Å². The quantitative estimate of drug-likeness (QED) is 0.810. The van der Waals surface area contributed by atoms with Gasteiger partial charge in [0.15, 0.2) is 0 Å². The average molecular weight is 340 g/mol. The maximum Gasteiger partial charge on any atom is 0.235 e. The number of aromatic hydroxyl groups is 1. The summed E-state index contributed by atoms with van der Waals surface area (Å²) >= 11 is 5.74. The molecule has 0 bridgehead atoms. The first-order valence-electron chi connectivity index (χ1n) is 5.90. The van der Waals surface area contributed by atoms with Crippen LogP contribution in [0, 0.1) is 0 Å². The van der Waals surface area contributed by atoms with Gasteiger partial charge in [-0.05, 0) is 31.0 Å². The van der Waals surface area contributed by atoms with Gasteiger partial charge in [-0.3, -0.25) is 4.72 Å². The Morgan fingerprint density at radius 3 is 2.45 bits per heavy atom. The van der Waals surface area contributed by atoms with E-state index >= 15 is 0 Å². The lowest BCUT2D eigenvalue weighted by Crippen LogP contribution is -2.36.